The van der Waals surface area contributed by atoms with Gasteiger partial charge in [-0.15, -0.1) is 0 Å². The van der Waals surface area contributed by atoms with Gasteiger partial charge in [-0.25, -0.2) is 0 Å². The summed E-state index contributed by atoms with van der Waals surface area (Å²) >= 11 is -0.694. The van der Waals surface area contributed by atoms with Crippen LogP contribution in [-0.2, 0) is 0 Å². The molecule has 5 rings (SSSR count). The van der Waals surface area contributed by atoms with Crippen LogP contribution >= 0.6 is 0 Å². The second-order valence-corrected chi connectivity index (χ2v) is 14.1. The Bertz CT molecular complexity index is 1120. The first kappa shape index (κ1) is 14.9. The van der Waals surface area contributed by atoms with Gasteiger partial charge in [-0.05, 0) is 0 Å². The van der Waals surface area contributed by atoms with Crippen molar-refractivity contribution in [2.75, 3.05) is 0 Å². The number of allylic oxidation sites excluding steroid dienone is 1. The Kier molecular flexibility index (Phi) is 3.62. The molecule has 4 aromatic rings. The van der Waals surface area contributed by atoms with Gasteiger partial charge in [-0.3, -0.25) is 0 Å². The van der Waals surface area contributed by atoms with E-state index in [0.717, 1.165) is 0 Å². The van der Waals surface area contributed by atoms with Crippen LogP contribution in [-0.4, -0.2) is 72.9 Å². The van der Waals surface area contributed by atoms with Crippen LogP contribution in [0.3, 0.4) is 0 Å². The molecule has 1 aliphatic carbocycles. The fraction of sp³-hybridized carbons (Fsp3) is 0. The summed E-state index contributed by atoms with van der Waals surface area (Å²) in [7, 11) is 0. The quantitative estimate of drug-likeness (QED) is 0.183. The fourth-order valence-corrected chi connectivity index (χ4v) is 18.3. The number of rotatable bonds is 1. The van der Waals surface area contributed by atoms with Crippen LogP contribution in [0.4, 0.5) is 0 Å². The van der Waals surface area contributed by atoms with Gasteiger partial charge in [0.2, 0.25) is 0 Å². The third-order valence-electron chi connectivity index (χ3n) is 3.96. The van der Waals surface area contributed by atoms with Gasteiger partial charge in [0.25, 0.3) is 0 Å². The van der Waals surface area contributed by atoms with E-state index in [2.05, 4.69) is 16.2 Å². The molecule has 0 fully saturated rings. The van der Waals surface area contributed by atoms with E-state index < -0.39 is 20.4 Å². The number of ketones is 2. The molecule has 1 aromatic carbocycles. The number of benzene rings is 1. The molecule has 0 radical (unpaired) electrons. The molecule has 110 valence electrons. The molecule has 0 saturated heterocycles. The third kappa shape index (κ3) is 2.27. The van der Waals surface area contributed by atoms with Crippen LogP contribution in [0.15, 0.2) is 46.1 Å². The molecule has 0 atom stereocenters. The van der Waals surface area contributed by atoms with Gasteiger partial charge in [0.05, 0.1) is 0 Å². The number of hydrogen-bond acceptors (Lipinski definition) is 2. The molecular weight excluding hydrogens is 631 g/mol. The number of fused-ring (bicyclic) bond motifs is 4. The van der Waals surface area contributed by atoms with E-state index in [-0.39, 0.29) is 52.4 Å². The van der Waals surface area contributed by atoms with Crippen molar-refractivity contribution in [2.45, 2.75) is 0 Å². The van der Waals surface area contributed by atoms with E-state index in [4.69, 9.17) is 0 Å². The first-order chi connectivity index (χ1) is 11.2. The summed E-state index contributed by atoms with van der Waals surface area (Å²) in [6.07, 6.45) is 1.90. The summed E-state index contributed by atoms with van der Waals surface area (Å²) in [5.74, 6) is -0.197. The van der Waals surface area contributed by atoms with Gasteiger partial charge in [0, 0.05) is 0 Å². The third-order valence-corrected chi connectivity index (χ3v) is 16.7. The number of carbonyl (C=O) groups is 2. The van der Waals surface area contributed by atoms with Crippen LogP contribution in [0.1, 0.15) is 24.3 Å². The van der Waals surface area contributed by atoms with E-state index in [1.165, 1.54) is 3.58 Å². The van der Waals surface area contributed by atoms with Crippen molar-refractivity contribution in [3.05, 3.63) is 60.8 Å². The van der Waals surface area contributed by atoms with E-state index in [0.29, 0.717) is 16.7 Å². The number of Topliss-reactive ketones (excluding diaryl/α,β-unsaturated/α-hetero) is 2. The van der Waals surface area contributed by atoms with Gasteiger partial charge in [-0.2, -0.15) is 0 Å². The number of hydrogen-bond donors (Lipinski definition) is 0. The summed E-state index contributed by atoms with van der Waals surface area (Å²) < 4.78 is 10.3. The standard InChI is InChI=1S/C18H8O2Te3/c19-15-10-3-1-2-4-11(10)16(20)12(15)7-9-8-14-18(22-9)17-13(23-14)5-6-21-17/h1-8H. The molecule has 3 heterocycles. The molecular formula is C18H8O2Te3. The summed E-state index contributed by atoms with van der Waals surface area (Å²) in [4.78, 5) is 25.0. The molecule has 2 nitrogen and oxygen atoms in total. The van der Waals surface area contributed by atoms with Crippen LogP contribution in [0.2, 0.25) is 0 Å². The zero-order valence-corrected chi connectivity index (χ0v) is 18.7. The second-order valence-electron chi connectivity index (χ2n) is 5.32. The van der Waals surface area contributed by atoms with E-state index in [1.54, 1.807) is 25.7 Å². The van der Waals surface area contributed by atoms with Gasteiger partial charge < -0.3 is 0 Å². The van der Waals surface area contributed by atoms with Gasteiger partial charge in [-0.1, -0.05) is 0 Å². The van der Waals surface area contributed by atoms with Crippen LogP contribution < -0.4 is 0 Å². The molecule has 0 spiro atoms. The van der Waals surface area contributed by atoms with Gasteiger partial charge in [0.15, 0.2) is 0 Å². The zero-order chi connectivity index (χ0) is 15.6. The molecule has 0 bridgehead atoms. The van der Waals surface area contributed by atoms with Gasteiger partial charge >= 0.3 is 163 Å². The average molecular weight is 639 g/mol. The molecule has 0 saturated carbocycles. The van der Waals surface area contributed by atoms with Gasteiger partial charge in [0.1, 0.15) is 0 Å². The Hall–Kier alpha value is -0.371. The summed E-state index contributed by atoms with van der Waals surface area (Å²) in [5.41, 5.74) is 1.50. The van der Waals surface area contributed by atoms with Crippen molar-refractivity contribution < 1.29 is 9.59 Å². The normalized spacial score (nSPS) is 14.2. The topological polar surface area (TPSA) is 34.1 Å². The van der Waals surface area contributed by atoms with Crippen LogP contribution in [0.5, 0.6) is 0 Å². The van der Waals surface area contributed by atoms with Crippen molar-refractivity contribution in [1.82, 2.24) is 0 Å². The molecule has 23 heavy (non-hydrogen) atoms. The van der Waals surface area contributed by atoms with Crippen molar-refractivity contribution in [1.29, 1.82) is 0 Å². The molecule has 0 amide bonds. The monoisotopic (exact) mass is 646 g/mol. The summed E-state index contributed by atoms with van der Waals surface area (Å²) in [5, 5.41) is 0. The van der Waals surface area contributed by atoms with E-state index in [1.807, 2.05) is 18.2 Å². The van der Waals surface area contributed by atoms with Crippen molar-refractivity contribution >= 4 is 92.5 Å². The Balaban J connectivity index is 1.65. The predicted octanol–water partition coefficient (Wildman–Crippen LogP) is 2.63. The maximum atomic E-state index is 12.5. The Morgan fingerprint density at radius 3 is 2.30 bits per heavy atom. The van der Waals surface area contributed by atoms with E-state index in [9.17, 15) is 9.59 Å². The molecule has 5 heteroatoms. The maximum absolute atomic E-state index is 12.5. The first-order valence-corrected chi connectivity index (χ1v) is 14.2. The molecule has 0 aliphatic heterocycles. The first-order valence-electron chi connectivity index (χ1n) is 7.02. The number of carbonyl (C=O) groups excluding carboxylic acids is 2. The minimum absolute atomic E-state index is 0.0904. The fourth-order valence-electron chi connectivity index (χ4n) is 2.91. The van der Waals surface area contributed by atoms with E-state index >= 15 is 0 Å². The SMILES string of the molecule is O=C1C(=Cc2cc3[te]c4cc[te]c4c3[te]2)C(=O)c2ccccc21. The Morgan fingerprint density at radius 1 is 0.826 bits per heavy atom. The van der Waals surface area contributed by atoms with Crippen molar-refractivity contribution in [2.24, 2.45) is 0 Å². The Morgan fingerprint density at radius 2 is 1.57 bits per heavy atom. The van der Waals surface area contributed by atoms with Crippen LogP contribution in [0.25, 0.3) is 19.7 Å². The zero-order valence-electron chi connectivity index (χ0n) is 11.7. The molecule has 0 N–H and O–H groups in total. The van der Waals surface area contributed by atoms with Crippen molar-refractivity contribution in [3.8, 4) is 0 Å². The predicted molar refractivity (Wildman–Crippen MR) is 95.4 cm³/mol. The second kappa shape index (κ2) is 5.58. The average Bonchev–Trinajstić information content (AvgIpc) is 3.26. The van der Waals surface area contributed by atoms with Crippen molar-refractivity contribution in [3.63, 3.8) is 0 Å². The molecule has 0 unspecified atom stereocenters. The summed E-state index contributed by atoms with van der Waals surface area (Å²) in [6.45, 7) is 0. The summed E-state index contributed by atoms with van der Waals surface area (Å²) in [6, 6.07) is 11.8. The molecule has 1 aliphatic rings. The Labute approximate surface area is 161 Å². The van der Waals surface area contributed by atoms with Crippen LogP contribution in [0, 0.1) is 0 Å². The minimum atomic E-state index is -0.411. The molecule has 3 aromatic heterocycles.